The minimum absolute atomic E-state index is 0.0649. The normalized spacial score (nSPS) is 25.0. The van der Waals surface area contributed by atoms with Gasteiger partial charge in [0.05, 0.1) is 0 Å². The predicted octanol–water partition coefficient (Wildman–Crippen LogP) is 1.77. The van der Waals surface area contributed by atoms with Crippen molar-refractivity contribution in [3.05, 3.63) is 16.6 Å². The van der Waals surface area contributed by atoms with E-state index in [1.807, 2.05) is 0 Å². The number of nitrogens with one attached hydrogen (secondary N) is 1. The summed E-state index contributed by atoms with van der Waals surface area (Å²) in [5, 5.41) is 0. The van der Waals surface area contributed by atoms with Crippen molar-refractivity contribution in [1.29, 1.82) is 0 Å². The number of rotatable bonds is 3. The molecule has 6 nitrogen and oxygen atoms in total. The third-order valence-electron chi connectivity index (χ3n) is 3.98. The van der Waals surface area contributed by atoms with Crippen molar-refractivity contribution in [3.63, 3.8) is 0 Å². The van der Waals surface area contributed by atoms with Crippen molar-refractivity contribution in [1.82, 2.24) is 4.72 Å². The van der Waals surface area contributed by atoms with Crippen LogP contribution in [0.5, 0.6) is 11.5 Å². The highest BCUT2D eigenvalue weighted by molar-refractivity contribution is 9.10. The minimum Gasteiger partial charge on any atom is -0.486 e. The van der Waals surface area contributed by atoms with Gasteiger partial charge in [0.25, 0.3) is 0 Å². The number of hydrogen-bond donors (Lipinski definition) is 2. The maximum absolute atomic E-state index is 12.6. The Kier molecular flexibility index (Phi) is 4.63. The lowest BCUT2D eigenvalue weighted by Gasteiger charge is -2.27. The van der Waals surface area contributed by atoms with Crippen molar-refractivity contribution < 1.29 is 17.9 Å². The largest absolute Gasteiger partial charge is 0.486 e. The fraction of sp³-hybridized carbons (Fsp3) is 0.571. The number of hydrogen-bond acceptors (Lipinski definition) is 5. The van der Waals surface area contributed by atoms with Crippen LogP contribution < -0.4 is 19.9 Å². The Morgan fingerprint density at radius 2 is 1.68 bits per heavy atom. The molecule has 2 aliphatic rings. The first kappa shape index (κ1) is 16.0. The molecule has 1 heterocycles. The van der Waals surface area contributed by atoms with Crippen molar-refractivity contribution >= 4 is 26.0 Å². The van der Waals surface area contributed by atoms with E-state index >= 15 is 0 Å². The average Bonchev–Trinajstić information content (AvgIpc) is 2.48. The fourth-order valence-corrected chi connectivity index (χ4v) is 5.11. The molecule has 1 aromatic rings. The Morgan fingerprint density at radius 1 is 1.09 bits per heavy atom. The molecule has 0 bridgehead atoms. The molecule has 0 aromatic heterocycles. The molecule has 1 aromatic carbocycles. The zero-order valence-corrected chi connectivity index (χ0v) is 14.5. The van der Waals surface area contributed by atoms with Crippen LogP contribution in [0.1, 0.15) is 25.7 Å². The first-order valence-corrected chi connectivity index (χ1v) is 9.60. The van der Waals surface area contributed by atoms with Crippen LogP contribution in [-0.4, -0.2) is 33.7 Å². The second-order valence-electron chi connectivity index (χ2n) is 5.66. The molecule has 0 saturated heterocycles. The SMILES string of the molecule is NC1CCC(NS(=O)(=O)c2cc3c(cc2Br)OCCO3)CC1. The summed E-state index contributed by atoms with van der Waals surface area (Å²) in [6.45, 7) is 0.883. The summed E-state index contributed by atoms with van der Waals surface area (Å²) < 4.78 is 39.4. The van der Waals surface area contributed by atoms with Crippen LogP contribution in [0.4, 0.5) is 0 Å². The maximum atomic E-state index is 12.6. The summed E-state index contributed by atoms with van der Waals surface area (Å²) in [5.74, 6) is 1.02. The number of fused-ring (bicyclic) bond motifs is 1. The number of halogens is 1. The second kappa shape index (κ2) is 6.35. The lowest BCUT2D eigenvalue weighted by molar-refractivity contribution is 0.171. The molecule has 8 heteroatoms. The van der Waals surface area contributed by atoms with Gasteiger partial charge >= 0.3 is 0 Å². The molecule has 1 aliphatic heterocycles. The second-order valence-corrected chi connectivity index (χ2v) is 8.20. The summed E-state index contributed by atoms with van der Waals surface area (Å²) in [6.07, 6.45) is 3.22. The molecule has 1 aliphatic carbocycles. The van der Waals surface area contributed by atoms with E-state index < -0.39 is 10.0 Å². The van der Waals surface area contributed by atoms with Crippen LogP contribution in [-0.2, 0) is 10.0 Å². The first-order valence-electron chi connectivity index (χ1n) is 7.33. The van der Waals surface area contributed by atoms with Gasteiger partial charge in [-0.2, -0.15) is 0 Å². The van der Waals surface area contributed by atoms with E-state index in [4.69, 9.17) is 15.2 Å². The van der Waals surface area contributed by atoms with Crippen molar-refractivity contribution in [2.45, 2.75) is 42.7 Å². The maximum Gasteiger partial charge on any atom is 0.242 e. The summed E-state index contributed by atoms with van der Waals surface area (Å²) in [6, 6.07) is 3.27. The molecule has 1 saturated carbocycles. The predicted molar refractivity (Wildman–Crippen MR) is 85.7 cm³/mol. The number of nitrogens with two attached hydrogens (primary N) is 1. The highest BCUT2D eigenvalue weighted by Gasteiger charge is 2.27. The van der Waals surface area contributed by atoms with Crippen LogP contribution >= 0.6 is 15.9 Å². The standard InChI is InChI=1S/C14H19BrN2O4S/c15-11-7-12-13(21-6-5-20-12)8-14(11)22(18,19)17-10-3-1-9(16)2-4-10/h7-10,17H,1-6,16H2. The third kappa shape index (κ3) is 3.40. The number of benzene rings is 1. The van der Waals surface area contributed by atoms with Gasteiger partial charge in [0.2, 0.25) is 10.0 Å². The molecule has 3 rings (SSSR count). The number of ether oxygens (including phenoxy) is 2. The van der Waals surface area contributed by atoms with Crippen LogP contribution in [0.25, 0.3) is 0 Å². The highest BCUT2D eigenvalue weighted by atomic mass is 79.9. The van der Waals surface area contributed by atoms with Gasteiger partial charge in [-0.3, -0.25) is 0 Å². The summed E-state index contributed by atoms with van der Waals surface area (Å²) in [5.41, 5.74) is 5.86. The topological polar surface area (TPSA) is 90.7 Å². The van der Waals surface area contributed by atoms with Gasteiger partial charge in [0.1, 0.15) is 18.1 Å². The summed E-state index contributed by atoms with van der Waals surface area (Å²) >= 11 is 3.31. The van der Waals surface area contributed by atoms with Crippen molar-refractivity contribution in [2.75, 3.05) is 13.2 Å². The van der Waals surface area contributed by atoms with E-state index in [2.05, 4.69) is 20.7 Å². The first-order chi connectivity index (χ1) is 10.5. The molecule has 122 valence electrons. The van der Waals surface area contributed by atoms with Gasteiger partial charge in [-0.1, -0.05) is 0 Å². The Morgan fingerprint density at radius 3 is 2.32 bits per heavy atom. The molecule has 0 unspecified atom stereocenters. The molecule has 0 atom stereocenters. The van der Waals surface area contributed by atoms with E-state index in [0.717, 1.165) is 25.7 Å². The Hall–Kier alpha value is -0.830. The molecule has 1 fully saturated rings. The molecule has 0 radical (unpaired) electrons. The third-order valence-corrected chi connectivity index (χ3v) is 6.46. The van der Waals surface area contributed by atoms with Gasteiger partial charge in [-0.05, 0) is 47.7 Å². The van der Waals surface area contributed by atoms with Crippen LogP contribution in [0.2, 0.25) is 0 Å². The van der Waals surface area contributed by atoms with Crippen LogP contribution in [0, 0.1) is 0 Å². The lowest BCUT2D eigenvalue weighted by Crippen LogP contribution is -2.40. The van der Waals surface area contributed by atoms with E-state index in [1.165, 1.54) is 6.07 Å². The monoisotopic (exact) mass is 390 g/mol. The molecular weight excluding hydrogens is 372 g/mol. The highest BCUT2D eigenvalue weighted by Crippen LogP contribution is 2.37. The summed E-state index contributed by atoms with van der Waals surface area (Å²) in [4.78, 5) is 0.173. The van der Waals surface area contributed by atoms with Crippen LogP contribution in [0.15, 0.2) is 21.5 Å². The summed E-state index contributed by atoms with van der Waals surface area (Å²) in [7, 11) is -3.61. The molecule has 0 amide bonds. The van der Waals surface area contributed by atoms with E-state index in [-0.39, 0.29) is 17.0 Å². The van der Waals surface area contributed by atoms with E-state index in [9.17, 15) is 8.42 Å². The van der Waals surface area contributed by atoms with E-state index in [0.29, 0.717) is 29.2 Å². The van der Waals surface area contributed by atoms with Gasteiger partial charge in [-0.15, -0.1) is 0 Å². The smallest absolute Gasteiger partial charge is 0.242 e. The fourth-order valence-electron chi connectivity index (χ4n) is 2.77. The Balaban J connectivity index is 1.82. The average molecular weight is 391 g/mol. The molecule has 22 heavy (non-hydrogen) atoms. The molecule has 0 spiro atoms. The minimum atomic E-state index is -3.61. The molecule has 3 N–H and O–H groups in total. The van der Waals surface area contributed by atoms with Crippen molar-refractivity contribution in [2.24, 2.45) is 5.73 Å². The zero-order chi connectivity index (χ0) is 15.7. The Bertz CT molecular complexity index is 657. The quantitative estimate of drug-likeness (QED) is 0.820. The van der Waals surface area contributed by atoms with Gasteiger partial charge < -0.3 is 15.2 Å². The number of sulfonamides is 1. The van der Waals surface area contributed by atoms with Gasteiger partial charge in [0, 0.05) is 22.6 Å². The van der Waals surface area contributed by atoms with Crippen LogP contribution in [0.3, 0.4) is 0 Å². The van der Waals surface area contributed by atoms with Gasteiger partial charge in [0.15, 0.2) is 11.5 Å². The molecular formula is C14H19BrN2O4S. The van der Waals surface area contributed by atoms with E-state index in [1.54, 1.807) is 6.07 Å². The lowest BCUT2D eigenvalue weighted by atomic mass is 9.93. The zero-order valence-electron chi connectivity index (χ0n) is 12.0. The van der Waals surface area contributed by atoms with Gasteiger partial charge in [-0.25, -0.2) is 13.1 Å². The Labute approximate surface area is 138 Å². The van der Waals surface area contributed by atoms with Crippen molar-refractivity contribution in [3.8, 4) is 11.5 Å².